The molecule has 1 aromatic rings. The molecule has 0 saturated carbocycles. The fourth-order valence-corrected chi connectivity index (χ4v) is 1.48. The molecule has 0 fully saturated rings. The van der Waals surface area contributed by atoms with Gasteiger partial charge in [0.25, 0.3) is 5.91 Å². The highest BCUT2D eigenvalue weighted by Crippen LogP contribution is 2.09. The summed E-state index contributed by atoms with van der Waals surface area (Å²) in [4.78, 5) is 17.0. The molecular weight excluding hydrogens is 223 g/mol. The minimum atomic E-state index is -0.987. The molecule has 1 amide bonds. The van der Waals surface area contributed by atoms with E-state index in [0.717, 1.165) is 0 Å². The van der Waals surface area contributed by atoms with Gasteiger partial charge >= 0.3 is 0 Å². The molecule has 0 atom stereocenters. The predicted molar refractivity (Wildman–Crippen MR) is 62.1 cm³/mol. The lowest BCUT2D eigenvalue weighted by Gasteiger charge is -2.27. The van der Waals surface area contributed by atoms with E-state index in [2.05, 4.69) is 4.98 Å². The Balaban J connectivity index is 2.87. The number of amides is 1. The lowest BCUT2D eigenvalue weighted by Crippen LogP contribution is -2.42. The number of carbonyl (C=O) groups is 1. The second-order valence-electron chi connectivity index (χ2n) is 4.48. The third-order valence-corrected chi connectivity index (χ3v) is 2.18. The minimum Gasteiger partial charge on any atom is -0.389 e. The Morgan fingerprint density at radius 1 is 1.53 bits per heavy atom. The Labute approximate surface area is 100 Å². The van der Waals surface area contributed by atoms with Gasteiger partial charge in [0.05, 0.1) is 5.60 Å². The Morgan fingerprint density at radius 2 is 2.18 bits per heavy atom. The highest BCUT2D eigenvalue weighted by molar-refractivity contribution is 5.92. The Morgan fingerprint density at radius 3 is 2.65 bits per heavy atom. The zero-order valence-corrected chi connectivity index (χ0v) is 10.3. The molecule has 0 spiro atoms. The summed E-state index contributed by atoms with van der Waals surface area (Å²) in [6, 6.07) is 4.08. The van der Waals surface area contributed by atoms with Crippen molar-refractivity contribution in [3.8, 4) is 0 Å². The lowest BCUT2D eigenvalue weighted by molar-refractivity contribution is 0.0311. The van der Waals surface area contributed by atoms with Gasteiger partial charge in [-0.05, 0) is 32.9 Å². The van der Waals surface area contributed by atoms with Crippen molar-refractivity contribution in [2.24, 2.45) is 0 Å². The van der Waals surface area contributed by atoms with Gasteiger partial charge in [-0.25, -0.2) is 4.98 Å². The SMILES string of the molecule is CCN(CC(C)(C)O)C(=O)c1cccc(F)n1. The number of likely N-dealkylation sites (N-methyl/N-ethyl adjacent to an activating group) is 1. The third-order valence-electron chi connectivity index (χ3n) is 2.18. The van der Waals surface area contributed by atoms with Gasteiger partial charge in [-0.15, -0.1) is 0 Å². The Hall–Kier alpha value is -1.49. The van der Waals surface area contributed by atoms with E-state index in [4.69, 9.17) is 0 Å². The van der Waals surface area contributed by atoms with Crippen LogP contribution in [0.15, 0.2) is 18.2 Å². The lowest BCUT2D eigenvalue weighted by atomic mass is 10.1. The van der Waals surface area contributed by atoms with Crippen LogP contribution in [0.4, 0.5) is 4.39 Å². The summed E-state index contributed by atoms with van der Waals surface area (Å²) in [5.74, 6) is -1.07. The van der Waals surface area contributed by atoms with Gasteiger partial charge in [-0.1, -0.05) is 6.07 Å². The molecule has 94 valence electrons. The van der Waals surface area contributed by atoms with Crippen molar-refractivity contribution in [1.82, 2.24) is 9.88 Å². The normalized spacial score (nSPS) is 11.4. The molecule has 0 aliphatic heterocycles. The molecule has 5 heteroatoms. The molecular formula is C12H17FN2O2. The van der Waals surface area contributed by atoms with Gasteiger partial charge in [-0.3, -0.25) is 4.79 Å². The Bertz CT molecular complexity index is 402. The van der Waals surface area contributed by atoms with Crippen LogP contribution in [0.3, 0.4) is 0 Å². The Kier molecular flexibility index (Phi) is 4.17. The van der Waals surface area contributed by atoms with E-state index >= 15 is 0 Å². The smallest absolute Gasteiger partial charge is 0.272 e. The van der Waals surface area contributed by atoms with Crippen molar-refractivity contribution in [3.63, 3.8) is 0 Å². The van der Waals surface area contributed by atoms with Crippen LogP contribution < -0.4 is 0 Å². The van der Waals surface area contributed by atoms with Crippen molar-refractivity contribution in [1.29, 1.82) is 0 Å². The average Bonchev–Trinajstić information content (AvgIpc) is 2.23. The summed E-state index contributed by atoms with van der Waals surface area (Å²) >= 11 is 0. The summed E-state index contributed by atoms with van der Waals surface area (Å²) in [6.45, 7) is 5.63. The predicted octanol–water partition coefficient (Wildman–Crippen LogP) is 1.45. The zero-order chi connectivity index (χ0) is 13.1. The summed E-state index contributed by atoms with van der Waals surface area (Å²) in [5.41, 5.74) is -0.935. The molecule has 1 N–H and O–H groups in total. The fraction of sp³-hybridized carbons (Fsp3) is 0.500. The maximum atomic E-state index is 12.9. The van der Waals surface area contributed by atoms with Crippen LogP contribution in [0.2, 0.25) is 0 Å². The van der Waals surface area contributed by atoms with Crippen LogP contribution in [0.5, 0.6) is 0 Å². The van der Waals surface area contributed by atoms with Crippen molar-refractivity contribution in [2.45, 2.75) is 26.4 Å². The van der Waals surface area contributed by atoms with Crippen LogP contribution in [-0.2, 0) is 0 Å². The number of rotatable bonds is 4. The molecule has 0 aromatic carbocycles. The van der Waals surface area contributed by atoms with E-state index in [1.807, 2.05) is 0 Å². The molecule has 0 saturated heterocycles. The highest BCUT2D eigenvalue weighted by Gasteiger charge is 2.23. The number of nitrogens with zero attached hydrogens (tertiary/aromatic N) is 2. The number of pyridine rings is 1. The van der Waals surface area contributed by atoms with Gasteiger partial charge in [0.15, 0.2) is 0 Å². The van der Waals surface area contributed by atoms with E-state index in [0.29, 0.717) is 6.54 Å². The maximum absolute atomic E-state index is 12.9. The molecule has 17 heavy (non-hydrogen) atoms. The van der Waals surface area contributed by atoms with E-state index in [9.17, 15) is 14.3 Å². The summed E-state index contributed by atoms with van der Waals surface area (Å²) in [5, 5.41) is 9.68. The largest absolute Gasteiger partial charge is 0.389 e. The first-order valence-electron chi connectivity index (χ1n) is 5.47. The van der Waals surface area contributed by atoms with Gasteiger partial charge < -0.3 is 10.0 Å². The van der Waals surface area contributed by atoms with Crippen molar-refractivity contribution in [3.05, 3.63) is 29.8 Å². The van der Waals surface area contributed by atoms with E-state index in [1.165, 1.54) is 23.1 Å². The minimum absolute atomic E-state index is 0.0519. The van der Waals surface area contributed by atoms with Crippen LogP contribution in [0.25, 0.3) is 0 Å². The molecule has 4 nitrogen and oxygen atoms in total. The zero-order valence-electron chi connectivity index (χ0n) is 10.3. The van der Waals surface area contributed by atoms with Gasteiger partial charge in [0.2, 0.25) is 5.95 Å². The molecule has 1 aromatic heterocycles. The number of aliphatic hydroxyl groups is 1. The first-order chi connectivity index (χ1) is 7.83. The molecule has 0 radical (unpaired) electrons. The second kappa shape index (κ2) is 5.23. The summed E-state index contributed by atoms with van der Waals surface area (Å²) < 4.78 is 12.9. The number of halogens is 1. The standard InChI is InChI=1S/C12H17FN2O2/c1-4-15(8-12(2,3)17)11(16)9-6-5-7-10(13)14-9/h5-7,17H,4,8H2,1-3H3. The molecule has 0 bridgehead atoms. The van der Waals surface area contributed by atoms with Crippen molar-refractivity contribution in [2.75, 3.05) is 13.1 Å². The van der Waals surface area contributed by atoms with Crippen LogP contribution in [0, 0.1) is 5.95 Å². The molecule has 1 rings (SSSR count). The number of aromatic nitrogens is 1. The van der Waals surface area contributed by atoms with Crippen molar-refractivity contribution >= 4 is 5.91 Å². The topological polar surface area (TPSA) is 53.4 Å². The number of carbonyl (C=O) groups excluding carboxylic acids is 1. The summed E-state index contributed by atoms with van der Waals surface area (Å²) in [6.07, 6.45) is 0. The third kappa shape index (κ3) is 4.11. The maximum Gasteiger partial charge on any atom is 0.272 e. The second-order valence-corrected chi connectivity index (χ2v) is 4.48. The van der Waals surface area contributed by atoms with E-state index < -0.39 is 11.5 Å². The van der Waals surface area contributed by atoms with Gasteiger partial charge in [0.1, 0.15) is 5.69 Å². The van der Waals surface area contributed by atoms with E-state index in [-0.39, 0.29) is 18.1 Å². The highest BCUT2D eigenvalue weighted by atomic mass is 19.1. The molecule has 0 unspecified atom stereocenters. The first-order valence-corrected chi connectivity index (χ1v) is 5.47. The van der Waals surface area contributed by atoms with Gasteiger partial charge in [-0.2, -0.15) is 4.39 Å². The van der Waals surface area contributed by atoms with Crippen LogP contribution >= 0.6 is 0 Å². The number of hydrogen-bond acceptors (Lipinski definition) is 3. The quantitative estimate of drug-likeness (QED) is 0.810. The van der Waals surface area contributed by atoms with Gasteiger partial charge in [0, 0.05) is 13.1 Å². The number of hydrogen-bond donors (Lipinski definition) is 1. The molecule has 0 aliphatic carbocycles. The fourth-order valence-electron chi connectivity index (χ4n) is 1.48. The van der Waals surface area contributed by atoms with Crippen LogP contribution in [-0.4, -0.2) is 39.6 Å². The van der Waals surface area contributed by atoms with E-state index in [1.54, 1.807) is 20.8 Å². The molecule has 0 aliphatic rings. The summed E-state index contributed by atoms with van der Waals surface area (Å²) in [7, 11) is 0. The average molecular weight is 240 g/mol. The van der Waals surface area contributed by atoms with Crippen molar-refractivity contribution < 1.29 is 14.3 Å². The molecule has 1 heterocycles. The first kappa shape index (κ1) is 13.6. The monoisotopic (exact) mass is 240 g/mol. The van der Waals surface area contributed by atoms with Crippen LogP contribution in [0.1, 0.15) is 31.3 Å².